The lowest BCUT2D eigenvalue weighted by Gasteiger charge is -2.47. The number of ether oxygens (including phenoxy) is 1. The first-order valence-corrected chi connectivity index (χ1v) is 16.5. The molecule has 226 valence electrons. The number of H-pyrrole nitrogens is 1. The number of hydrogen-bond acceptors (Lipinski definition) is 10. The number of aromatic amines is 1. The Morgan fingerprint density at radius 3 is 2.58 bits per heavy atom. The number of rotatable bonds is 8. The van der Waals surface area contributed by atoms with E-state index in [1.54, 1.807) is 22.6 Å². The first-order valence-electron chi connectivity index (χ1n) is 15.0. The zero-order chi connectivity index (χ0) is 29.4. The highest BCUT2D eigenvalue weighted by Gasteiger charge is 2.45. The topological polar surface area (TPSA) is 141 Å². The molecule has 3 fully saturated rings. The fraction of sp³-hybridized carbons (Fsp3) is 0.467. The number of sulfonamides is 1. The lowest BCUT2D eigenvalue weighted by molar-refractivity contribution is 0.0337. The number of piperidine rings is 2. The van der Waals surface area contributed by atoms with Gasteiger partial charge < -0.3 is 15.4 Å². The Kier molecular flexibility index (Phi) is 7.72. The second-order valence-corrected chi connectivity index (χ2v) is 13.6. The minimum Gasteiger partial charge on any atom is -0.379 e. The molecular formula is C30H37N9O3S. The molecule has 2 bridgehead atoms. The highest BCUT2D eigenvalue weighted by atomic mass is 32.2. The van der Waals surface area contributed by atoms with Crippen LogP contribution in [0.3, 0.4) is 0 Å². The van der Waals surface area contributed by atoms with Crippen molar-refractivity contribution in [1.82, 2.24) is 34.4 Å². The minimum atomic E-state index is -3.62. The average molecular weight is 604 g/mol. The van der Waals surface area contributed by atoms with Gasteiger partial charge in [0.15, 0.2) is 5.82 Å². The van der Waals surface area contributed by atoms with Gasteiger partial charge in [0.25, 0.3) is 0 Å². The van der Waals surface area contributed by atoms with E-state index >= 15 is 0 Å². The third kappa shape index (κ3) is 5.94. The maximum Gasteiger partial charge on any atom is 0.245 e. The number of aromatic nitrogens is 5. The van der Waals surface area contributed by atoms with Gasteiger partial charge in [0, 0.05) is 73.4 Å². The molecule has 1 unspecified atom stereocenters. The van der Waals surface area contributed by atoms with E-state index in [1.807, 2.05) is 19.1 Å². The van der Waals surface area contributed by atoms with Crippen LogP contribution in [-0.2, 0) is 21.3 Å². The maximum atomic E-state index is 13.7. The van der Waals surface area contributed by atoms with E-state index < -0.39 is 10.0 Å². The molecule has 0 spiro atoms. The van der Waals surface area contributed by atoms with Crippen molar-refractivity contribution in [1.29, 1.82) is 0 Å². The molecule has 0 aromatic carbocycles. The van der Waals surface area contributed by atoms with Crippen molar-refractivity contribution in [3.05, 3.63) is 60.2 Å². The smallest absolute Gasteiger partial charge is 0.245 e. The van der Waals surface area contributed by atoms with Crippen molar-refractivity contribution in [2.24, 2.45) is 0 Å². The maximum absolute atomic E-state index is 13.7. The molecular weight excluding hydrogens is 566 g/mol. The number of aryl methyl sites for hydroxylation is 1. The van der Waals surface area contributed by atoms with Gasteiger partial charge in [-0.1, -0.05) is 6.42 Å². The normalized spacial score (nSPS) is 23.3. The molecule has 3 saturated heterocycles. The Hall–Kier alpha value is -3.65. The standard InChI is InChI=1S/C30H37N9O3S/c1-20-14-29(37-36-20)34-28-17-27-26(8-7-21(32-27)19-38-10-12-42-13-11-38)30(35-28)33-22-15-23-4-2-5-24(16-22)39(23)43(40,41)25-6-3-9-31-18-25/h3,6-9,14,17-18,22-24H,2,4-5,10-13,15-16,19H2,1H3,(H3,33,34,35,36,37)/t22?,23-,24+. The first-order chi connectivity index (χ1) is 20.9. The van der Waals surface area contributed by atoms with E-state index in [4.69, 9.17) is 14.7 Å². The van der Waals surface area contributed by atoms with Crippen LogP contribution in [0.15, 0.2) is 53.7 Å². The molecule has 43 heavy (non-hydrogen) atoms. The van der Waals surface area contributed by atoms with Crippen molar-refractivity contribution in [2.75, 3.05) is 36.9 Å². The van der Waals surface area contributed by atoms with Crippen molar-refractivity contribution in [2.45, 2.75) is 68.6 Å². The van der Waals surface area contributed by atoms with Crippen molar-refractivity contribution >= 4 is 38.4 Å². The molecule has 4 aromatic rings. The zero-order valence-electron chi connectivity index (χ0n) is 24.2. The van der Waals surface area contributed by atoms with Crippen molar-refractivity contribution in [3.8, 4) is 0 Å². The van der Waals surface area contributed by atoms with E-state index in [1.165, 1.54) is 6.20 Å². The number of nitrogens with zero attached hydrogens (tertiary/aromatic N) is 6. The number of pyridine rings is 3. The Labute approximate surface area is 251 Å². The summed E-state index contributed by atoms with van der Waals surface area (Å²) in [7, 11) is -3.62. The molecule has 4 aromatic heterocycles. The van der Waals surface area contributed by atoms with Crippen LogP contribution >= 0.6 is 0 Å². The molecule has 7 heterocycles. The third-order valence-corrected chi connectivity index (χ3v) is 10.6. The summed E-state index contributed by atoms with van der Waals surface area (Å²) in [5, 5.41) is 15.3. The summed E-state index contributed by atoms with van der Waals surface area (Å²) in [6.07, 6.45) is 7.18. The molecule has 3 aliphatic rings. The lowest BCUT2D eigenvalue weighted by Crippen LogP contribution is -2.56. The van der Waals surface area contributed by atoms with Gasteiger partial charge in [0.1, 0.15) is 16.5 Å². The lowest BCUT2D eigenvalue weighted by atomic mass is 9.84. The largest absolute Gasteiger partial charge is 0.379 e. The van der Waals surface area contributed by atoms with Gasteiger partial charge in [0.2, 0.25) is 10.0 Å². The molecule has 3 N–H and O–H groups in total. The van der Waals surface area contributed by atoms with Crippen molar-refractivity contribution < 1.29 is 13.2 Å². The predicted molar refractivity (Wildman–Crippen MR) is 164 cm³/mol. The highest BCUT2D eigenvalue weighted by molar-refractivity contribution is 7.89. The van der Waals surface area contributed by atoms with E-state index in [2.05, 4.69) is 42.8 Å². The third-order valence-electron chi connectivity index (χ3n) is 8.65. The molecule has 7 rings (SSSR count). The van der Waals surface area contributed by atoms with Gasteiger partial charge in [-0.25, -0.2) is 13.4 Å². The molecule has 0 amide bonds. The summed E-state index contributed by atoms with van der Waals surface area (Å²) >= 11 is 0. The number of fused-ring (bicyclic) bond motifs is 3. The average Bonchev–Trinajstić information content (AvgIpc) is 3.41. The number of nitrogens with one attached hydrogen (secondary N) is 3. The summed E-state index contributed by atoms with van der Waals surface area (Å²) in [4.78, 5) is 16.7. The number of morpholine rings is 1. The molecule has 3 atom stereocenters. The summed E-state index contributed by atoms with van der Waals surface area (Å²) in [5.74, 6) is 2.07. The summed E-state index contributed by atoms with van der Waals surface area (Å²) < 4.78 is 34.6. The van der Waals surface area contributed by atoms with Crippen LogP contribution in [0.5, 0.6) is 0 Å². The monoisotopic (exact) mass is 603 g/mol. The molecule has 13 heteroatoms. The highest BCUT2D eigenvalue weighted by Crippen LogP contribution is 2.39. The second-order valence-electron chi connectivity index (χ2n) is 11.7. The Bertz CT molecular complexity index is 1680. The summed E-state index contributed by atoms with van der Waals surface area (Å²) in [6, 6.07) is 11.3. The van der Waals surface area contributed by atoms with Gasteiger partial charge in [0.05, 0.1) is 24.4 Å². The van der Waals surface area contributed by atoms with E-state index in [9.17, 15) is 8.42 Å². The summed E-state index contributed by atoms with van der Waals surface area (Å²) in [5.41, 5.74) is 2.79. The fourth-order valence-electron chi connectivity index (χ4n) is 6.70. The Balaban J connectivity index is 1.17. The van der Waals surface area contributed by atoms with Gasteiger partial charge in [-0.05, 0) is 56.9 Å². The Morgan fingerprint density at radius 2 is 1.86 bits per heavy atom. The quantitative estimate of drug-likeness (QED) is 0.272. The fourth-order valence-corrected chi connectivity index (χ4v) is 8.55. The number of anilines is 3. The van der Waals surface area contributed by atoms with Crippen LogP contribution in [0.1, 0.15) is 43.5 Å². The molecule has 0 radical (unpaired) electrons. The minimum absolute atomic E-state index is 0.0715. The molecule has 0 aliphatic carbocycles. The van der Waals surface area contributed by atoms with Gasteiger partial charge >= 0.3 is 0 Å². The predicted octanol–water partition coefficient (Wildman–Crippen LogP) is 3.82. The van der Waals surface area contributed by atoms with Gasteiger partial charge in [-0.2, -0.15) is 9.40 Å². The van der Waals surface area contributed by atoms with E-state index in [0.29, 0.717) is 24.5 Å². The van der Waals surface area contributed by atoms with Crippen LogP contribution in [-0.4, -0.2) is 87.2 Å². The second kappa shape index (κ2) is 11.8. The molecule has 3 aliphatic heterocycles. The van der Waals surface area contributed by atoms with Crippen LogP contribution in [0.25, 0.3) is 10.9 Å². The SMILES string of the molecule is Cc1cc(Nc2cc3nc(CN4CCOCC4)ccc3c(NC3C[C@H]4CCC[C@@H](C3)N4S(=O)(=O)c3cccnc3)n2)n[nH]1. The van der Waals surface area contributed by atoms with Gasteiger partial charge in [-0.15, -0.1) is 0 Å². The van der Waals surface area contributed by atoms with Crippen LogP contribution in [0, 0.1) is 6.92 Å². The number of hydrogen-bond donors (Lipinski definition) is 3. The summed E-state index contributed by atoms with van der Waals surface area (Å²) in [6.45, 7) is 5.99. The van der Waals surface area contributed by atoms with E-state index in [-0.39, 0.29) is 23.0 Å². The zero-order valence-corrected chi connectivity index (χ0v) is 25.1. The molecule has 0 saturated carbocycles. The van der Waals surface area contributed by atoms with Crippen molar-refractivity contribution in [3.63, 3.8) is 0 Å². The van der Waals surface area contributed by atoms with Crippen LogP contribution in [0.4, 0.5) is 17.5 Å². The first kappa shape index (κ1) is 28.1. The van der Waals surface area contributed by atoms with Gasteiger partial charge in [-0.3, -0.25) is 20.0 Å². The van der Waals surface area contributed by atoms with Crippen LogP contribution in [0.2, 0.25) is 0 Å². The van der Waals surface area contributed by atoms with E-state index in [0.717, 1.165) is 80.2 Å². The van der Waals surface area contributed by atoms with Crippen LogP contribution < -0.4 is 10.6 Å². The Morgan fingerprint density at radius 1 is 1.05 bits per heavy atom. The molecule has 12 nitrogen and oxygen atoms in total.